The zero-order chi connectivity index (χ0) is 18.4. The summed E-state index contributed by atoms with van der Waals surface area (Å²) < 4.78 is 11.6. The summed E-state index contributed by atoms with van der Waals surface area (Å²) in [7, 11) is 1.20. The lowest BCUT2D eigenvalue weighted by Gasteiger charge is -2.12. The summed E-state index contributed by atoms with van der Waals surface area (Å²) in [5.74, 6) is 0.0449. The molecule has 2 aromatic rings. The molecule has 0 saturated heterocycles. The molecule has 0 aliphatic carbocycles. The highest BCUT2D eigenvalue weighted by Gasteiger charge is 2.10. The summed E-state index contributed by atoms with van der Waals surface area (Å²) in [6.07, 6.45) is -0.737. The number of benzene rings is 2. The number of thiocarbonyl (C=S) groups is 1. The van der Waals surface area contributed by atoms with E-state index in [1.165, 1.54) is 7.11 Å². The largest absolute Gasteiger partial charge is 0.483 e. The molecule has 0 unspecified atom stereocenters. The molecule has 132 valence electrons. The van der Waals surface area contributed by atoms with Crippen molar-refractivity contribution in [1.29, 1.82) is 0 Å². The van der Waals surface area contributed by atoms with Crippen LogP contribution < -0.4 is 20.9 Å². The minimum atomic E-state index is -0.737. The Morgan fingerprint density at radius 2 is 1.92 bits per heavy atom. The molecule has 0 aliphatic heterocycles. The molecule has 2 rings (SSSR count). The maximum Gasteiger partial charge on any atom is 0.425 e. The van der Waals surface area contributed by atoms with Crippen molar-refractivity contribution < 1.29 is 19.1 Å². The second-order valence-corrected chi connectivity index (χ2v) is 6.77. The Morgan fingerprint density at radius 3 is 2.64 bits per heavy atom. The van der Waals surface area contributed by atoms with Gasteiger partial charge in [-0.1, -0.05) is 28.1 Å². The van der Waals surface area contributed by atoms with E-state index in [0.717, 1.165) is 19.7 Å². The minimum Gasteiger partial charge on any atom is -0.483 e. The topological polar surface area (TPSA) is 88.7 Å². The third-order valence-electron chi connectivity index (χ3n) is 2.96. The molecule has 0 radical (unpaired) electrons. The fourth-order valence-electron chi connectivity index (χ4n) is 1.85. The van der Waals surface area contributed by atoms with Crippen LogP contribution in [0.25, 0.3) is 10.8 Å². The van der Waals surface area contributed by atoms with Crippen molar-refractivity contribution in [2.45, 2.75) is 0 Å². The fraction of sp³-hybridized carbons (Fsp3) is 0.133. The number of hydrogen-bond acceptors (Lipinski definition) is 5. The Labute approximate surface area is 165 Å². The molecular weight excluding hydrogens is 478 g/mol. The molecule has 0 saturated carbocycles. The number of amides is 2. The van der Waals surface area contributed by atoms with Gasteiger partial charge in [0.05, 0.1) is 11.6 Å². The molecule has 0 aromatic heterocycles. The van der Waals surface area contributed by atoms with Crippen molar-refractivity contribution >= 4 is 72.0 Å². The van der Waals surface area contributed by atoms with Gasteiger partial charge in [0.25, 0.3) is 5.91 Å². The monoisotopic (exact) mass is 489 g/mol. The quantitative estimate of drug-likeness (QED) is 0.452. The van der Waals surface area contributed by atoms with Crippen LogP contribution >= 0.6 is 44.1 Å². The molecule has 7 nitrogen and oxygen atoms in total. The van der Waals surface area contributed by atoms with Crippen LogP contribution in [0.4, 0.5) is 4.79 Å². The lowest BCUT2D eigenvalue weighted by Crippen LogP contribution is -2.49. The van der Waals surface area contributed by atoms with E-state index >= 15 is 0 Å². The third-order valence-corrected chi connectivity index (χ3v) is 4.47. The minimum absolute atomic E-state index is 0.0820. The highest BCUT2D eigenvalue weighted by atomic mass is 79.9. The number of carbonyl (C=O) groups excluding carboxylic acids is 2. The molecule has 0 aliphatic rings. The number of rotatable bonds is 3. The molecule has 0 heterocycles. The van der Waals surface area contributed by atoms with Gasteiger partial charge >= 0.3 is 6.09 Å². The summed E-state index contributed by atoms with van der Waals surface area (Å²) in [5, 5.41) is 4.26. The predicted octanol–water partition coefficient (Wildman–Crippen LogP) is 3.01. The smallest absolute Gasteiger partial charge is 0.425 e. The summed E-state index contributed by atoms with van der Waals surface area (Å²) in [4.78, 5) is 22.7. The average molecular weight is 491 g/mol. The van der Waals surface area contributed by atoms with Crippen LogP contribution in [0.3, 0.4) is 0 Å². The van der Waals surface area contributed by atoms with E-state index in [-0.39, 0.29) is 11.7 Å². The predicted molar refractivity (Wildman–Crippen MR) is 104 cm³/mol. The number of hydrogen-bond donors (Lipinski definition) is 3. The molecule has 10 heteroatoms. The van der Waals surface area contributed by atoms with Crippen LogP contribution in [-0.4, -0.2) is 30.8 Å². The van der Waals surface area contributed by atoms with Gasteiger partial charge in [0, 0.05) is 4.47 Å². The van der Waals surface area contributed by atoms with E-state index in [2.05, 4.69) is 52.8 Å². The molecule has 2 amide bonds. The zero-order valence-electron chi connectivity index (χ0n) is 12.9. The van der Waals surface area contributed by atoms with E-state index in [0.29, 0.717) is 5.75 Å². The van der Waals surface area contributed by atoms with Gasteiger partial charge in [-0.2, -0.15) is 0 Å². The second kappa shape index (κ2) is 8.97. The van der Waals surface area contributed by atoms with Crippen LogP contribution in [0.15, 0.2) is 39.3 Å². The summed E-state index contributed by atoms with van der Waals surface area (Å²) in [5.41, 5.74) is 4.43. The number of carbonyl (C=O) groups is 2. The van der Waals surface area contributed by atoms with E-state index < -0.39 is 12.0 Å². The van der Waals surface area contributed by atoms with Gasteiger partial charge in [-0.05, 0) is 57.1 Å². The van der Waals surface area contributed by atoms with Crippen molar-refractivity contribution in [1.82, 2.24) is 16.2 Å². The normalized spacial score (nSPS) is 10.0. The van der Waals surface area contributed by atoms with Crippen molar-refractivity contribution in [3.8, 4) is 5.75 Å². The van der Waals surface area contributed by atoms with Crippen molar-refractivity contribution in [2.75, 3.05) is 13.7 Å². The Bertz CT molecular complexity index is 832. The zero-order valence-corrected chi connectivity index (χ0v) is 16.9. The first-order chi connectivity index (χ1) is 11.9. The van der Waals surface area contributed by atoms with E-state index in [4.69, 9.17) is 17.0 Å². The molecule has 0 atom stereocenters. The van der Waals surface area contributed by atoms with E-state index in [1.807, 2.05) is 24.3 Å². The standard InChI is InChI=1S/C15H13Br2N3O4S/c1-23-15(22)20-19-14(25)18-12(21)7-24-11-5-2-8-6-9(16)3-4-10(8)13(11)17/h2-6H,7H2,1H3,(H,20,22)(H2,18,19,21,25). The molecule has 25 heavy (non-hydrogen) atoms. The van der Waals surface area contributed by atoms with Crippen LogP contribution in [-0.2, 0) is 9.53 Å². The van der Waals surface area contributed by atoms with Gasteiger partial charge in [-0.15, -0.1) is 0 Å². The molecule has 0 bridgehead atoms. The summed E-state index contributed by atoms with van der Waals surface area (Å²) in [6.45, 7) is -0.249. The number of halogens is 2. The van der Waals surface area contributed by atoms with Crippen LogP contribution in [0.5, 0.6) is 5.75 Å². The maximum atomic E-state index is 11.8. The Balaban J connectivity index is 1.92. The van der Waals surface area contributed by atoms with Gasteiger partial charge in [-0.3, -0.25) is 15.5 Å². The van der Waals surface area contributed by atoms with Gasteiger partial charge in [0.1, 0.15) is 5.75 Å². The summed E-state index contributed by atoms with van der Waals surface area (Å²) >= 11 is 11.8. The fourth-order valence-corrected chi connectivity index (χ4v) is 3.00. The SMILES string of the molecule is COC(=O)NNC(=S)NC(=O)COc1ccc2cc(Br)ccc2c1Br. The van der Waals surface area contributed by atoms with E-state index in [9.17, 15) is 9.59 Å². The van der Waals surface area contributed by atoms with Crippen molar-refractivity contribution in [3.05, 3.63) is 39.3 Å². The van der Waals surface area contributed by atoms with Gasteiger partial charge in [0.15, 0.2) is 11.7 Å². The molecule has 2 aromatic carbocycles. The number of hydrazine groups is 1. The number of nitrogens with one attached hydrogen (secondary N) is 3. The highest BCUT2D eigenvalue weighted by Crippen LogP contribution is 2.34. The number of fused-ring (bicyclic) bond motifs is 1. The molecule has 3 N–H and O–H groups in total. The maximum absolute atomic E-state index is 11.8. The highest BCUT2D eigenvalue weighted by molar-refractivity contribution is 9.11. The first-order valence-corrected chi connectivity index (χ1v) is 8.84. The van der Waals surface area contributed by atoms with Crippen molar-refractivity contribution in [2.24, 2.45) is 0 Å². The molecular formula is C15H13Br2N3O4S. The van der Waals surface area contributed by atoms with Gasteiger partial charge < -0.3 is 9.47 Å². The molecule has 0 fully saturated rings. The summed E-state index contributed by atoms with van der Waals surface area (Å²) in [6, 6.07) is 9.50. The Kier molecular flexibility index (Phi) is 6.97. The second-order valence-electron chi connectivity index (χ2n) is 4.65. The van der Waals surface area contributed by atoms with Crippen molar-refractivity contribution in [3.63, 3.8) is 0 Å². The lowest BCUT2D eigenvalue weighted by molar-refractivity contribution is -0.121. The average Bonchev–Trinajstić information content (AvgIpc) is 2.58. The van der Waals surface area contributed by atoms with Gasteiger partial charge in [0.2, 0.25) is 0 Å². The Hall–Kier alpha value is -1.91. The van der Waals surface area contributed by atoms with Crippen LogP contribution in [0.1, 0.15) is 0 Å². The Morgan fingerprint density at radius 1 is 1.16 bits per heavy atom. The first-order valence-electron chi connectivity index (χ1n) is 6.85. The number of methoxy groups -OCH3 is 1. The van der Waals surface area contributed by atoms with Crippen LogP contribution in [0.2, 0.25) is 0 Å². The van der Waals surface area contributed by atoms with Gasteiger partial charge in [-0.25, -0.2) is 10.2 Å². The molecule has 0 spiro atoms. The third kappa shape index (κ3) is 5.55. The lowest BCUT2D eigenvalue weighted by atomic mass is 10.1. The number of ether oxygens (including phenoxy) is 2. The van der Waals surface area contributed by atoms with Crippen LogP contribution in [0, 0.1) is 0 Å². The van der Waals surface area contributed by atoms with E-state index in [1.54, 1.807) is 6.07 Å². The first kappa shape index (κ1) is 19.4.